The summed E-state index contributed by atoms with van der Waals surface area (Å²) in [7, 11) is 3.59. The molecule has 0 fully saturated rings. The van der Waals surface area contributed by atoms with E-state index in [1.54, 1.807) is 19.0 Å². The van der Waals surface area contributed by atoms with Crippen LogP contribution in [0.5, 0.6) is 0 Å². The summed E-state index contributed by atoms with van der Waals surface area (Å²) < 4.78 is 0. The first kappa shape index (κ1) is 13.9. The summed E-state index contributed by atoms with van der Waals surface area (Å²) in [5.41, 5.74) is 0. The van der Waals surface area contributed by atoms with E-state index in [1.165, 1.54) is 0 Å². The molecule has 0 aromatic heterocycles. The van der Waals surface area contributed by atoms with Gasteiger partial charge in [-0.25, -0.2) is 0 Å². The molecular formula is C10H20N2O3. The van der Waals surface area contributed by atoms with E-state index in [2.05, 4.69) is 5.32 Å². The van der Waals surface area contributed by atoms with Crippen LogP contribution in [0.15, 0.2) is 0 Å². The van der Waals surface area contributed by atoms with Gasteiger partial charge in [-0.2, -0.15) is 0 Å². The maximum Gasteiger partial charge on any atom is 0.305 e. The SMILES string of the molecule is CC(C)C(CC(=O)O)NC(=O)CN(C)C. The second-order valence-electron chi connectivity index (χ2n) is 4.25. The van der Waals surface area contributed by atoms with Crippen LogP contribution >= 0.6 is 0 Å². The maximum atomic E-state index is 11.4. The number of nitrogens with zero attached hydrogens (tertiary/aromatic N) is 1. The lowest BCUT2D eigenvalue weighted by molar-refractivity contribution is -0.138. The molecule has 0 bridgehead atoms. The van der Waals surface area contributed by atoms with Crippen LogP contribution < -0.4 is 5.32 Å². The third-order valence-electron chi connectivity index (χ3n) is 2.01. The summed E-state index contributed by atoms with van der Waals surface area (Å²) in [6.07, 6.45) is -0.0309. The summed E-state index contributed by atoms with van der Waals surface area (Å²) in [6, 6.07) is -0.296. The first-order valence-electron chi connectivity index (χ1n) is 4.98. The molecule has 0 aromatic carbocycles. The molecule has 1 atom stereocenters. The first-order valence-corrected chi connectivity index (χ1v) is 4.98. The monoisotopic (exact) mass is 216 g/mol. The Balaban J connectivity index is 4.16. The van der Waals surface area contributed by atoms with Crippen LogP contribution in [0.25, 0.3) is 0 Å². The van der Waals surface area contributed by atoms with E-state index >= 15 is 0 Å². The Kier molecular flexibility index (Phi) is 5.93. The normalized spacial score (nSPS) is 12.9. The quantitative estimate of drug-likeness (QED) is 0.663. The second kappa shape index (κ2) is 6.40. The van der Waals surface area contributed by atoms with Gasteiger partial charge in [-0.1, -0.05) is 13.8 Å². The van der Waals surface area contributed by atoms with Crippen LogP contribution in [0.2, 0.25) is 0 Å². The summed E-state index contributed by atoms with van der Waals surface area (Å²) >= 11 is 0. The van der Waals surface area contributed by atoms with Crippen molar-refractivity contribution in [3.05, 3.63) is 0 Å². The van der Waals surface area contributed by atoms with Crippen LogP contribution in [0.1, 0.15) is 20.3 Å². The number of amides is 1. The Hall–Kier alpha value is -1.10. The largest absolute Gasteiger partial charge is 0.481 e. The molecule has 0 spiro atoms. The molecule has 0 saturated heterocycles. The zero-order chi connectivity index (χ0) is 12.0. The predicted molar refractivity (Wildman–Crippen MR) is 57.6 cm³/mol. The van der Waals surface area contributed by atoms with Gasteiger partial charge in [0.25, 0.3) is 0 Å². The highest BCUT2D eigenvalue weighted by molar-refractivity contribution is 5.79. The lowest BCUT2D eigenvalue weighted by Gasteiger charge is -2.21. The lowest BCUT2D eigenvalue weighted by Crippen LogP contribution is -2.43. The van der Waals surface area contributed by atoms with Crippen molar-refractivity contribution in [2.75, 3.05) is 20.6 Å². The molecule has 0 radical (unpaired) electrons. The van der Waals surface area contributed by atoms with Crippen molar-refractivity contribution < 1.29 is 14.7 Å². The number of carboxylic acid groups (broad SMARTS) is 1. The van der Waals surface area contributed by atoms with Crippen molar-refractivity contribution in [3.8, 4) is 0 Å². The van der Waals surface area contributed by atoms with Gasteiger partial charge in [-0.3, -0.25) is 9.59 Å². The Labute approximate surface area is 90.5 Å². The molecule has 1 amide bonds. The lowest BCUT2D eigenvalue weighted by atomic mass is 10.0. The van der Waals surface area contributed by atoms with E-state index in [9.17, 15) is 9.59 Å². The highest BCUT2D eigenvalue weighted by atomic mass is 16.4. The highest BCUT2D eigenvalue weighted by Gasteiger charge is 2.19. The fourth-order valence-electron chi connectivity index (χ4n) is 1.18. The van der Waals surface area contributed by atoms with Gasteiger partial charge in [-0.05, 0) is 20.0 Å². The standard InChI is InChI=1S/C10H20N2O3/c1-7(2)8(5-10(14)15)11-9(13)6-12(3)4/h7-8H,5-6H2,1-4H3,(H,11,13)(H,14,15). The Morgan fingerprint density at radius 2 is 1.87 bits per heavy atom. The van der Waals surface area contributed by atoms with Crippen molar-refractivity contribution in [3.63, 3.8) is 0 Å². The molecule has 1 unspecified atom stereocenters. The predicted octanol–water partition coefficient (Wildman–Crippen LogP) is 0.164. The first-order chi connectivity index (χ1) is 6.82. The number of carbonyl (C=O) groups excluding carboxylic acids is 1. The smallest absolute Gasteiger partial charge is 0.305 e. The molecule has 0 aromatic rings. The van der Waals surface area contributed by atoms with Crippen molar-refractivity contribution in [2.24, 2.45) is 5.92 Å². The Morgan fingerprint density at radius 1 is 1.33 bits per heavy atom. The van der Waals surface area contributed by atoms with Crippen molar-refractivity contribution >= 4 is 11.9 Å². The van der Waals surface area contributed by atoms with Crippen LogP contribution in [0.3, 0.4) is 0 Å². The maximum absolute atomic E-state index is 11.4. The van der Waals surface area contributed by atoms with Gasteiger partial charge in [0.15, 0.2) is 0 Å². The fraction of sp³-hybridized carbons (Fsp3) is 0.800. The molecule has 0 saturated carbocycles. The Bertz CT molecular complexity index is 227. The highest BCUT2D eigenvalue weighted by Crippen LogP contribution is 2.05. The number of nitrogens with one attached hydrogen (secondary N) is 1. The van der Waals surface area contributed by atoms with Crippen molar-refractivity contribution in [1.29, 1.82) is 0 Å². The van der Waals surface area contributed by atoms with E-state index in [-0.39, 0.29) is 30.8 Å². The van der Waals surface area contributed by atoms with Crippen LogP contribution in [0, 0.1) is 5.92 Å². The average Bonchev–Trinajstić information content (AvgIpc) is 1.99. The molecule has 0 aliphatic heterocycles. The van der Waals surface area contributed by atoms with Gasteiger partial charge in [-0.15, -0.1) is 0 Å². The minimum atomic E-state index is -0.890. The van der Waals surface area contributed by atoms with E-state index in [0.717, 1.165) is 0 Å². The van der Waals surface area contributed by atoms with Gasteiger partial charge < -0.3 is 15.3 Å². The molecule has 5 nitrogen and oxygen atoms in total. The molecular weight excluding hydrogens is 196 g/mol. The van der Waals surface area contributed by atoms with E-state index in [0.29, 0.717) is 0 Å². The summed E-state index contributed by atoms with van der Waals surface area (Å²) in [6.45, 7) is 4.07. The minimum Gasteiger partial charge on any atom is -0.481 e. The number of hydrogen-bond donors (Lipinski definition) is 2. The fourth-order valence-corrected chi connectivity index (χ4v) is 1.18. The summed E-state index contributed by atoms with van der Waals surface area (Å²) in [4.78, 5) is 23.7. The molecule has 0 aliphatic carbocycles. The van der Waals surface area contributed by atoms with Gasteiger partial charge in [0, 0.05) is 6.04 Å². The van der Waals surface area contributed by atoms with Gasteiger partial charge in [0.2, 0.25) is 5.91 Å². The topological polar surface area (TPSA) is 69.6 Å². The number of rotatable bonds is 6. The number of hydrogen-bond acceptors (Lipinski definition) is 3. The molecule has 0 rings (SSSR count). The molecule has 0 heterocycles. The summed E-state index contributed by atoms with van der Waals surface area (Å²) in [5.74, 6) is -0.911. The van der Waals surface area contributed by atoms with Crippen LogP contribution in [-0.4, -0.2) is 48.6 Å². The van der Waals surface area contributed by atoms with Crippen molar-refractivity contribution in [1.82, 2.24) is 10.2 Å². The molecule has 88 valence electrons. The molecule has 0 aliphatic rings. The molecule has 2 N–H and O–H groups in total. The van der Waals surface area contributed by atoms with E-state index < -0.39 is 5.97 Å². The number of likely N-dealkylation sites (N-methyl/N-ethyl adjacent to an activating group) is 1. The van der Waals surface area contributed by atoms with Gasteiger partial charge in [0.1, 0.15) is 0 Å². The second-order valence-corrected chi connectivity index (χ2v) is 4.25. The summed E-state index contributed by atoms with van der Waals surface area (Å²) in [5, 5.41) is 11.4. The third-order valence-corrected chi connectivity index (χ3v) is 2.01. The van der Waals surface area contributed by atoms with Gasteiger partial charge >= 0.3 is 5.97 Å². The Morgan fingerprint density at radius 3 is 2.20 bits per heavy atom. The number of carbonyl (C=O) groups is 2. The number of aliphatic carboxylic acids is 1. The van der Waals surface area contributed by atoms with E-state index in [1.807, 2.05) is 13.8 Å². The average molecular weight is 216 g/mol. The molecule has 15 heavy (non-hydrogen) atoms. The van der Waals surface area contributed by atoms with Crippen LogP contribution in [-0.2, 0) is 9.59 Å². The van der Waals surface area contributed by atoms with Crippen LogP contribution in [0.4, 0.5) is 0 Å². The van der Waals surface area contributed by atoms with Crippen molar-refractivity contribution in [2.45, 2.75) is 26.3 Å². The zero-order valence-corrected chi connectivity index (χ0v) is 9.78. The zero-order valence-electron chi connectivity index (χ0n) is 9.78. The van der Waals surface area contributed by atoms with Gasteiger partial charge in [0.05, 0.1) is 13.0 Å². The molecule has 5 heteroatoms. The number of carboxylic acids is 1. The van der Waals surface area contributed by atoms with E-state index in [4.69, 9.17) is 5.11 Å². The minimum absolute atomic E-state index is 0.0309. The third kappa shape index (κ3) is 6.90.